The second-order valence-corrected chi connectivity index (χ2v) is 10.4. The third kappa shape index (κ3) is 7.54. The molecule has 3 rings (SSSR count). The molecule has 0 unspecified atom stereocenters. The molecule has 1 amide bonds. The van der Waals surface area contributed by atoms with E-state index in [1.54, 1.807) is 6.20 Å². The van der Waals surface area contributed by atoms with Crippen molar-refractivity contribution in [1.82, 2.24) is 9.88 Å². The summed E-state index contributed by atoms with van der Waals surface area (Å²) in [6, 6.07) is 14.1. The molecule has 1 aromatic carbocycles. The average Bonchev–Trinajstić information content (AvgIpc) is 2.76. The molecule has 0 radical (unpaired) electrons. The smallest absolute Gasteiger partial charge is 0.232 e. The lowest BCUT2D eigenvalue weighted by atomic mass is 10.00. The summed E-state index contributed by atoms with van der Waals surface area (Å²) < 4.78 is 0. The zero-order chi connectivity index (χ0) is 20.5. The van der Waals surface area contributed by atoms with Crippen molar-refractivity contribution in [2.24, 2.45) is 0 Å². The zero-order valence-electron chi connectivity index (χ0n) is 16.9. The average molecular weight is 449 g/mol. The van der Waals surface area contributed by atoms with Crippen LogP contribution in [0.15, 0.2) is 48.7 Å². The second-order valence-electron chi connectivity index (χ2n) is 7.50. The number of nitrogens with zero attached hydrogens (tertiary/aromatic N) is 2. The maximum Gasteiger partial charge on any atom is 0.232 e. The molecule has 156 valence electrons. The number of hydrogen-bond acceptors (Lipinski definition) is 4. The van der Waals surface area contributed by atoms with Gasteiger partial charge in [0.05, 0.1) is 5.75 Å². The maximum atomic E-state index is 12.6. The van der Waals surface area contributed by atoms with E-state index in [-0.39, 0.29) is 5.91 Å². The Bertz CT molecular complexity index is 757. The minimum absolute atomic E-state index is 0.220. The molecule has 1 fully saturated rings. The van der Waals surface area contributed by atoms with Gasteiger partial charge in [0.15, 0.2) is 0 Å². The number of benzene rings is 1. The third-order valence-electron chi connectivity index (χ3n) is 5.30. The Morgan fingerprint density at radius 2 is 1.83 bits per heavy atom. The molecule has 1 saturated carbocycles. The largest absolute Gasteiger partial charge is 0.345 e. The molecular formula is C23H29ClN2OS2. The lowest BCUT2D eigenvalue weighted by Gasteiger charge is -2.31. The second kappa shape index (κ2) is 11.9. The Morgan fingerprint density at radius 1 is 1.10 bits per heavy atom. The quantitative estimate of drug-likeness (QED) is 0.491. The first-order valence-corrected chi connectivity index (χ1v) is 12.7. The summed E-state index contributed by atoms with van der Waals surface area (Å²) in [5.74, 6) is 1.80. The van der Waals surface area contributed by atoms with Gasteiger partial charge < -0.3 is 4.90 Å². The number of pyridine rings is 1. The Morgan fingerprint density at radius 3 is 2.52 bits per heavy atom. The Balaban J connectivity index is 1.43. The van der Waals surface area contributed by atoms with Crippen LogP contribution >= 0.6 is 35.1 Å². The van der Waals surface area contributed by atoms with E-state index in [1.165, 1.54) is 31.2 Å². The molecule has 1 aromatic heterocycles. The molecule has 6 heteroatoms. The van der Waals surface area contributed by atoms with Crippen LogP contribution in [0.3, 0.4) is 0 Å². The monoisotopic (exact) mass is 448 g/mol. The highest BCUT2D eigenvalue weighted by atomic mass is 35.5. The van der Waals surface area contributed by atoms with E-state index in [2.05, 4.69) is 17.1 Å². The van der Waals surface area contributed by atoms with Gasteiger partial charge in [-0.15, -0.1) is 11.8 Å². The molecule has 0 bridgehead atoms. The predicted molar refractivity (Wildman–Crippen MR) is 127 cm³/mol. The van der Waals surface area contributed by atoms with Crippen LogP contribution in [0.4, 0.5) is 0 Å². The summed E-state index contributed by atoms with van der Waals surface area (Å²) in [6.45, 7) is 0.718. The van der Waals surface area contributed by atoms with E-state index in [4.69, 9.17) is 11.6 Å². The molecule has 0 N–H and O–H groups in total. The van der Waals surface area contributed by atoms with Gasteiger partial charge in [-0.3, -0.25) is 9.78 Å². The predicted octanol–water partition coefficient (Wildman–Crippen LogP) is 5.71. The van der Waals surface area contributed by atoms with Crippen molar-refractivity contribution in [1.29, 1.82) is 0 Å². The standard InChI is InChI=1S/C23H29ClN2OS2/c1-26(15-13-20-6-4-5-14-25-20)23(27)17-29-22-8-3-2-7-21(22)28-16-18-9-11-19(24)12-10-18/h4-6,9-12,14,21-22H,2-3,7-8,13,15-17H2,1H3/t21-,22-/m1/s1. The highest BCUT2D eigenvalue weighted by Gasteiger charge is 2.27. The molecule has 3 nitrogen and oxygen atoms in total. The molecule has 1 aliphatic carbocycles. The first-order valence-electron chi connectivity index (χ1n) is 10.2. The van der Waals surface area contributed by atoms with Crippen LogP contribution < -0.4 is 0 Å². The summed E-state index contributed by atoms with van der Waals surface area (Å²) in [7, 11) is 1.90. The van der Waals surface area contributed by atoms with Gasteiger partial charge in [-0.25, -0.2) is 0 Å². The summed E-state index contributed by atoms with van der Waals surface area (Å²) in [5.41, 5.74) is 2.35. The van der Waals surface area contributed by atoms with E-state index in [9.17, 15) is 4.79 Å². The van der Waals surface area contributed by atoms with Crippen LogP contribution in [0, 0.1) is 0 Å². The Kier molecular flexibility index (Phi) is 9.22. The fourth-order valence-electron chi connectivity index (χ4n) is 3.47. The van der Waals surface area contributed by atoms with Crippen molar-refractivity contribution in [3.05, 3.63) is 64.9 Å². The van der Waals surface area contributed by atoms with Crippen LogP contribution in [0.5, 0.6) is 0 Å². The fourth-order valence-corrected chi connectivity index (χ4v) is 6.61. The zero-order valence-corrected chi connectivity index (χ0v) is 19.3. The number of aromatic nitrogens is 1. The van der Waals surface area contributed by atoms with Crippen molar-refractivity contribution >= 4 is 41.0 Å². The number of rotatable bonds is 9. The summed E-state index contributed by atoms with van der Waals surface area (Å²) >= 11 is 9.88. The molecule has 0 spiro atoms. The lowest BCUT2D eigenvalue weighted by molar-refractivity contribution is -0.127. The topological polar surface area (TPSA) is 33.2 Å². The van der Waals surface area contributed by atoms with Crippen LogP contribution in [-0.2, 0) is 17.0 Å². The Hall–Kier alpha value is -1.17. The molecule has 29 heavy (non-hydrogen) atoms. The highest BCUT2D eigenvalue weighted by Crippen LogP contribution is 2.37. The van der Waals surface area contributed by atoms with Gasteiger partial charge in [0.2, 0.25) is 5.91 Å². The number of carbonyl (C=O) groups excluding carboxylic acids is 1. The maximum absolute atomic E-state index is 12.6. The van der Waals surface area contributed by atoms with Gasteiger partial charge in [0, 0.05) is 53.2 Å². The van der Waals surface area contributed by atoms with Crippen LogP contribution in [0.25, 0.3) is 0 Å². The fraction of sp³-hybridized carbons (Fsp3) is 0.478. The number of hydrogen-bond donors (Lipinski definition) is 0. The van der Waals surface area contributed by atoms with E-state index in [0.717, 1.165) is 29.4 Å². The Labute approximate surface area is 188 Å². The summed E-state index contributed by atoms with van der Waals surface area (Å²) in [4.78, 5) is 18.8. The number of halogens is 1. The molecule has 0 aliphatic heterocycles. The van der Waals surface area contributed by atoms with Gasteiger partial charge >= 0.3 is 0 Å². The van der Waals surface area contributed by atoms with Gasteiger partial charge in [0.25, 0.3) is 0 Å². The van der Waals surface area contributed by atoms with Crippen molar-refractivity contribution in [3.8, 4) is 0 Å². The van der Waals surface area contributed by atoms with Crippen molar-refractivity contribution < 1.29 is 4.79 Å². The molecule has 2 atom stereocenters. The number of likely N-dealkylation sites (N-methyl/N-ethyl adjacent to an activating group) is 1. The molecular weight excluding hydrogens is 420 g/mol. The summed E-state index contributed by atoms with van der Waals surface area (Å²) in [5, 5.41) is 1.97. The summed E-state index contributed by atoms with van der Waals surface area (Å²) in [6.07, 6.45) is 7.65. The van der Waals surface area contributed by atoms with Crippen LogP contribution in [0.1, 0.15) is 36.9 Å². The van der Waals surface area contributed by atoms with Gasteiger partial charge in [-0.05, 0) is 42.7 Å². The molecule has 2 aromatic rings. The minimum Gasteiger partial charge on any atom is -0.345 e. The van der Waals surface area contributed by atoms with Crippen LogP contribution in [0.2, 0.25) is 5.02 Å². The van der Waals surface area contributed by atoms with E-state index < -0.39 is 0 Å². The number of carbonyl (C=O) groups is 1. The molecule has 1 heterocycles. The SMILES string of the molecule is CN(CCc1ccccn1)C(=O)CS[C@@H]1CCCC[C@H]1SCc1ccc(Cl)cc1. The minimum atomic E-state index is 0.220. The van der Waals surface area contributed by atoms with Gasteiger partial charge in [-0.1, -0.05) is 42.6 Å². The molecule has 1 aliphatic rings. The number of amides is 1. The van der Waals surface area contributed by atoms with Crippen molar-refractivity contribution in [3.63, 3.8) is 0 Å². The first kappa shape index (κ1) is 22.5. The molecule has 0 saturated heterocycles. The van der Waals surface area contributed by atoms with Gasteiger partial charge in [0.1, 0.15) is 0 Å². The highest BCUT2D eigenvalue weighted by molar-refractivity contribution is 8.03. The van der Waals surface area contributed by atoms with E-state index in [1.807, 2.05) is 65.8 Å². The van der Waals surface area contributed by atoms with Crippen molar-refractivity contribution in [2.75, 3.05) is 19.3 Å². The first-order chi connectivity index (χ1) is 14.1. The van der Waals surface area contributed by atoms with E-state index in [0.29, 0.717) is 16.3 Å². The lowest BCUT2D eigenvalue weighted by Crippen LogP contribution is -2.32. The normalized spacial score (nSPS) is 19.1. The van der Waals surface area contributed by atoms with E-state index >= 15 is 0 Å². The van der Waals surface area contributed by atoms with Gasteiger partial charge in [-0.2, -0.15) is 11.8 Å². The van der Waals surface area contributed by atoms with Crippen molar-refractivity contribution in [2.45, 2.75) is 48.4 Å². The van der Waals surface area contributed by atoms with Crippen LogP contribution in [-0.4, -0.2) is 45.6 Å². The third-order valence-corrected chi connectivity index (χ3v) is 8.62. The number of thioether (sulfide) groups is 2.